The number of rotatable bonds is 5. The number of aliphatic hydroxyl groups is 2. The van der Waals surface area contributed by atoms with Gasteiger partial charge in [0.2, 0.25) is 5.95 Å². The maximum Gasteiger partial charge on any atom is 0.263 e. The normalized spacial score (nSPS) is 23.9. The zero-order chi connectivity index (χ0) is 20.8. The first-order valence-corrected chi connectivity index (χ1v) is 10.00. The van der Waals surface area contributed by atoms with Crippen molar-refractivity contribution in [1.82, 2.24) is 19.7 Å². The van der Waals surface area contributed by atoms with Crippen LogP contribution in [0.5, 0.6) is 0 Å². The van der Waals surface area contributed by atoms with Crippen molar-refractivity contribution in [1.29, 1.82) is 0 Å². The van der Waals surface area contributed by atoms with Gasteiger partial charge in [-0.05, 0) is 31.4 Å². The molecule has 3 aromatic rings. The predicted molar refractivity (Wildman–Crippen MR) is 107 cm³/mol. The quantitative estimate of drug-likeness (QED) is 0.587. The molecular weight excluding hydrogens is 394 g/mol. The van der Waals surface area contributed by atoms with E-state index < -0.39 is 12.5 Å². The van der Waals surface area contributed by atoms with Crippen molar-refractivity contribution in [3.63, 3.8) is 0 Å². The molecule has 2 fully saturated rings. The molecule has 1 saturated carbocycles. The second kappa shape index (κ2) is 7.44. The van der Waals surface area contributed by atoms with Crippen LogP contribution in [0.1, 0.15) is 31.3 Å². The summed E-state index contributed by atoms with van der Waals surface area (Å²) >= 11 is 0. The van der Waals surface area contributed by atoms with Gasteiger partial charge in [-0.25, -0.2) is 13.5 Å². The molecule has 2 aromatic heterocycles. The van der Waals surface area contributed by atoms with Gasteiger partial charge in [0.1, 0.15) is 5.82 Å². The van der Waals surface area contributed by atoms with Crippen LogP contribution in [0.15, 0.2) is 30.5 Å². The zero-order valence-corrected chi connectivity index (χ0v) is 16.1. The van der Waals surface area contributed by atoms with E-state index in [0.717, 1.165) is 0 Å². The van der Waals surface area contributed by atoms with Gasteiger partial charge in [0.25, 0.3) is 6.43 Å². The van der Waals surface area contributed by atoms with E-state index in [-0.39, 0.29) is 17.7 Å². The highest BCUT2D eigenvalue weighted by Crippen LogP contribution is 2.31. The van der Waals surface area contributed by atoms with E-state index in [1.165, 1.54) is 16.8 Å². The van der Waals surface area contributed by atoms with Gasteiger partial charge in [0.05, 0.1) is 29.5 Å². The Bertz CT molecular complexity index is 1070. The number of β-amino-alcohol motifs (C(OH)–C–C–N with tert-alkyl or cyclic N) is 1. The third kappa shape index (κ3) is 3.46. The molecule has 0 unspecified atom stereocenters. The highest BCUT2D eigenvalue weighted by atomic mass is 19.3. The molecule has 3 N–H and O–H groups in total. The highest BCUT2D eigenvalue weighted by Gasteiger charge is 2.29. The summed E-state index contributed by atoms with van der Waals surface area (Å²) in [5.74, 6) is 1.04. The Morgan fingerprint density at radius 1 is 1.13 bits per heavy atom. The Balaban J connectivity index is 1.59. The molecular formula is C20H22F2N6O2. The van der Waals surface area contributed by atoms with Gasteiger partial charge in [-0.2, -0.15) is 15.1 Å². The number of benzene rings is 1. The van der Waals surface area contributed by atoms with Crippen LogP contribution in [0.4, 0.5) is 20.5 Å². The Kier molecular flexibility index (Phi) is 4.75. The third-order valence-electron chi connectivity index (χ3n) is 5.68. The summed E-state index contributed by atoms with van der Waals surface area (Å²) in [5.41, 5.74) is 0.893. The minimum atomic E-state index is -2.58. The number of nitrogens with zero attached hydrogens (tertiary/aromatic N) is 5. The maximum absolute atomic E-state index is 13.2. The van der Waals surface area contributed by atoms with Crippen molar-refractivity contribution in [3.8, 4) is 5.69 Å². The van der Waals surface area contributed by atoms with Crippen LogP contribution in [-0.4, -0.2) is 61.3 Å². The number of hydrogen-bond acceptors (Lipinski definition) is 7. The molecule has 0 radical (unpaired) electrons. The van der Waals surface area contributed by atoms with Gasteiger partial charge in [-0.1, -0.05) is 12.1 Å². The van der Waals surface area contributed by atoms with Crippen molar-refractivity contribution in [2.24, 2.45) is 0 Å². The largest absolute Gasteiger partial charge is 0.393 e. The SMILES string of the molecule is OC1CC(Nc2nc(N3CC[C@@H](O)C3)c3cnn(-c4cccc(C(F)F)c4)c3n2)C1. The Labute approximate surface area is 171 Å². The molecule has 1 aliphatic heterocycles. The molecule has 5 rings (SSSR count). The minimum Gasteiger partial charge on any atom is -0.393 e. The average molecular weight is 416 g/mol. The smallest absolute Gasteiger partial charge is 0.263 e. The molecule has 30 heavy (non-hydrogen) atoms. The van der Waals surface area contributed by atoms with E-state index in [0.29, 0.717) is 60.8 Å². The lowest BCUT2D eigenvalue weighted by Crippen LogP contribution is -2.39. The lowest BCUT2D eigenvalue weighted by Gasteiger charge is -2.32. The van der Waals surface area contributed by atoms with Crippen LogP contribution in [0.25, 0.3) is 16.7 Å². The highest BCUT2D eigenvalue weighted by molar-refractivity contribution is 5.89. The van der Waals surface area contributed by atoms with E-state index in [1.54, 1.807) is 18.3 Å². The molecule has 0 bridgehead atoms. The van der Waals surface area contributed by atoms with Gasteiger partial charge >= 0.3 is 0 Å². The van der Waals surface area contributed by atoms with Gasteiger partial charge in [-0.15, -0.1) is 0 Å². The van der Waals surface area contributed by atoms with Crippen molar-refractivity contribution in [3.05, 3.63) is 36.0 Å². The molecule has 1 saturated heterocycles. The Hall–Kier alpha value is -2.85. The Morgan fingerprint density at radius 3 is 2.67 bits per heavy atom. The predicted octanol–water partition coefficient (Wildman–Crippen LogP) is 2.26. The van der Waals surface area contributed by atoms with Crippen molar-refractivity contribution < 1.29 is 19.0 Å². The molecule has 1 atom stereocenters. The third-order valence-corrected chi connectivity index (χ3v) is 5.68. The number of aliphatic hydroxyl groups excluding tert-OH is 2. The number of alkyl halides is 2. The fourth-order valence-corrected chi connectivity index (χ4v) is 4.00. The molecule has 158 valence electrons. The molecule has 0 spiro atoms. The number of anilines is 2. The summed E-state index contributed by atoms with van der Waals surface area (Å²) in [6, 6.07) is 6.12. The van der Waals surface area contributed by atoms with E-state index in [9.17, 15) is 19.0 Å². The van der Waals surface area contributed by atoms with Crippen LogP contribution in [-0.2, 0) is 0 Å². The first kappa shape index (κ1) is 19.1. The average Bonchev–Trinajstić information content (AvgIpc) is 3.32. The van der Waals surface area contributed by atoms with E-state index in [4.69, 9.17) is 0 Å². The monoisotopic (exact) mass is 416 g/mol. The summed E-state index contributed by atoms with van der Waals surface area (Å²) < 4.78 is 27.9. The topological polar surface area (TPSA) is 99.3 Å². The molecule has 1 aliphatic carbocycles. The summed E-state index contributed by atoms with van der Waals surface area (Å²) in [7, 11) is 0. The standard InChI is InChI=1S/C20H22F2N6O2/c21-17(22)11-2-1-3-13(6-11)28-19-16(9-23-28)18(27-5-4-14(29)10-27)25-20(26-19)24-12-7-15(30)8-12/h1-3,6,9,12,14-15,17,29-30H,4-5,7-8,10H2,(H,24,25,26)/t12?,14-,15?/m1/s1. The summed E-state index contributed by atoms with van der Waals surface area (Å²) in [5, 5.41) is 27.9. The first-order valence-electron chi connectivity index (χ1n) is 10.00. The lowest BCUT2D eigenvalue weighted by molar-refractivity contribution is 0.0834. The summed E-state index contributed by atoms with van der Waals surface area (Å²) in [6.45, 7) is 1.11. The fourth-order valence-electron chi connectivity index (χ4n) is 4.00. The minimum absolute atomic E-state index is 0.0769. The first-order chi connectivity index (χ1) is 14.5. The molecule has 0 amide bonds. The van der Waals surface area contributed by atoms with Gasteiger partial charge in [0, 0.05) is 24.7 Å². The van der Waals surface area contributed by atoms with Gasteiger partial charge < -0.3 is 20.4 Å². The number of halogens is 2. The van der Waals surface area contributed by atoms with Crippen LogP contribution in [0.3, 0.4) is 0 Å². The molecule has 3 heterocycles. The van der Waals surface area contributed by atoms with E-state index in [1.807, 2.05) is 4.90 Å². The number of hydrogen-bond donors (Lipinski definition) is 3. The van der Waals surface area contributed by atoms with Crippen molar-refractivity contribution in [2.45, 2.75) is 43.9 Å². The van der Waals surface area contributed by atoms with Crippen LogP contribution in [0.2, 0.25) is 0 Å². The molecule has 2 aliphatic rings. The van der Waals surface area contributed by atoms with E-state index >= 15 is 0 Å². The maximum atomic E-state index is 13.2. The second-order valence-electron chi connectivity index (χ2n) is 7.92. The summed E-state index contributed by atoms with van der Waals surface area (Å²) in [4.78, 5) is 11.2. The van der Waals surface area contributed by atoms with Crippen LogP contribution < -0.4 is 10.2 Å². The Morgan fingerprint density at radius 2 is 1.97 bits per heavy atom. The van der Waals surface area contributed by atoms with Crippen LogP contribution in [0, 0.1) is 0 Å². The van der Waals surface area contributed by atoms with E-state index in [2.05, 4.69) is 20.4 Å². The molecule has 1 aromatic carbocycles. The number of aromatic nitrogens is 4. The lowest BCUT2D eigenvalue weighted by atomic mass is 9.90. The van der Waals surface area contributed by atoms with Gasteiger partial charge in [0.15, 0.2) is 5.65 Å². The second-order valence-corrected chi connectivity index (χ2v) is 7.92. The molecule has 10 heteroatoms. The number of fused-ring (bicyclic) bond motifs is 1. The zero-order valence-electron chi connectivity index (χ0n) is 16.1. The van der Waals surface area contributed by atoms with Crippen molar-refractivity contribution >= 4 is 22.8 Å². The fraction of sp³-hybridized carbons (Fsp3) is 0.450. The number of nitrogens with one attached hydrogen (secondary N) is 1. The van der Waals surface area contributed by atoms with Crippen molar-refractivity contribution in [2.75, 3.05) is 23.3 Å². The summed E-state index contributed by atoms with van der Waals surface area (Å²) in [6.07, 6.45) is 0.192. The van der Waals surface area contributed by atoms with Crippen LogP contribution >= 0.6 is 0 Å². The molecule has 8 nitrogen and oxygen atoms in total. The van der Waals surface area contributed by atoms with Gasteiger partial charge in [-0.3, -0.25) is 0 Å².